The molecule has 1 aromatic rings. The van der Waals surface area contributed by atoms with Crippen LogP contribution in [0.5, 0.6) is 5.75 Å². The van der Waals surface area contributed by atoms with Crippen LogP contribution in [0.4, 0.5) is 5.69 Å². The fourth-order valence-corrected chi connectivity index (χ4v) is 3.57. The van der Waals surface area contributed by atoms with Crippen molar-refractivity contribution in [2.24, 2.45) is 5.92 Å². The molecule has 26 heavy (non-hydrogen) atoms. The molecule has 0 unspecified atom stereocenters. The first-order valence-corrected chi connectivity index (χ1v) is 9.33. The first-order valence-electron chi connectivity index (χ1n) is 8.92. The Balaban J connectivity index is 1.50. The van der Waals surface area contributed by atoms with Gasteiger partial charge < -0.3 is 10.1 Å². The van der Waals surface area contributed by atoms with Gasteiger partial charge in [0.25, 0.3) is 11.8 Å². The molecule has 2 amide bonds. The quantitative estimate of drug-likeness (QED) is 0.548. The molecule has 1 fully saturated rings. The predicted molar refractivity (Wildman–Crippen MR) is 103 cm³/mol. The summed E-state index contributed by atoms with van der Waals surface area (Å²) in [6, 6.07) is 7.48. The molecule has 3 N–H and O–H groups in total. The van der Waals surface area contributed by atoms with Gasteiger partial charge in [-0.2, -0.15) is 0 Å². The number of thiocarbonyl (C=S) groups is 1. The zero-order valence-electron chi connectivity index (χ0n) is 14.8. The van der Waals surface area contributed by atoms with E-state index in [0.29, 0.717) is 28.5 Å². The molecule has 0 aromatic heterocycles. The molecule has 7 nitrogen and oxygen atoms in total. The number of carbonyl (C=O) groups excluding carboxylic acids is 2. The SMILES string of the molecule is C[C@H]1CCCC[C@H]1NC(=S)NNC(=O)CN1C(=O)COc2ccccc21. The molecule has 2 atom stereocenters. The van der Waals surface area contributed by atoms with Crippen LogP contribution >= 0.6 is 12.2 Å². The Labute approximate surface area is 158 Å². The minimum absolute atomic E-state index is 0.0722. The summed E-state index contributed by atoms with van der Waals surface area (Å²) in [6.07, 6.45) is 4.71. The van der Waals surface area contributed by atoms with Crippen molar-refractivity contribution in [3.8, 4) is 5.75 Å². The average molecular weight is 376 g/mol. The number of amides is 2. The van der Waals surface area contributed by atoms with Gasteiger partial charge >= 0.3 is 0 Å². The van der Waals surface area contributed by atoms with Crippen LogP contribution in [0.3, 0.4) is 0 Å². The molecule has 1 heterocycles. The number of ether oxygens (including phenoxy) is 1. The third-order valence-corrected chi connectivity index (χ3v) is 5.07. The lowest BCUT2D eigenvalue weighted by Crippen LogP contribution is -2.54. The van der Waals surface area contributed by atoms with Crippen LogP contribution in [-0.4, -0.2) is 36.1 Å². The monoisotopic (exact) mass is 376 g/mol. The lowest BCUT2D eigenvalue weighted by Gasteiger charge is -2.31. The van der Waals surface area contributed by atoms with E-state index in [9.17, 15) is 9.59 Å². The number of hydrazine groups is 1. The van der Waals surface area contributed by atoms with Crippen molar-refractivity contribution in [2.75, 3.05) is 18.1 Å². The molecule has 0 spiro atoms. The second-order valence-electron chi connectivity index (χ2n) is 6.75. The lowest BCUT2D eigenvalue weighted by molar-refractivity contribution is -0.125. The van der Waals surface area contributed by atoms with Crippen LogP contribution in [0.25, 0.3) is 0 Å². The summed E-state index contributed by atoms with van der Waals surface area (Å²) < 4.78 is 5.37. The maximum Gasteiger partial charge on any atom is 0.265 e. The standard InChI is InChI=1S/C18H24N4O3S/c1-12-6-2-3-7-13(12)19-18(26)21-20-16(23)10-22-14-8-4-5-9-15(14)25-11-17(22)24/h4-5,8-9,12-13H,2-3,6-7,10-11H2,1H3,(H,20,23)(H2,19,21,26)/t12-,13+/m0/s1. The highest BCUT2D eigenvalue weighted by Crippen LogP contribution is 2.31. The van der Waals surface area contributed by atoms with Gasteiger partial charge in [0.05, 0.1) is 5.69 Å². The van der Waals surface area contributed by atoms with Gasteiger partial charge in [-0.3, -0.25) is 25.3 Å². The Morgan fingerprint density at radius 3 is 2.85 bits per heavy atom. The third-order valence-electron chi connectivity index (χ3n) is 4.85. The van der Waals surface area contributed by atoms with Crippen LogP contribution in [0.1, 0.15) is 32.6 Å². The number of hydrogen-bond acceptors (Lipinski definition) is 4. The number of hydrogen-bond donors (Lipinski definition) is 3. The van der Waals surface area contributed by atoms with Crippen molar-refractivity contribution in [1.29, 1.82) is 0 Å². The summed E-state index contributed by atoms with van der Waals surface area (Å²) in [4.78, 5) is 25.7. The van der Waals surface area contributed by atoms with E-state index in [0.717, 1.165) is 6.42 Å². The van der Waals surface area contributed by atoms with Gasteiger partial charge in [0.2, 0.25) is 0 Å². The summed E-state index contributed by atoms with van der Waals surface area (Å²) in [6.45, 7) is 2.03. The number of nitrogens with zero attached hydrogens (tertiary/aromatic N) is 1. The van der Waals surface area contributed by atoms with E-state index < -0.39 is 0 Å². The van der Waals surface area contributed by atoms with Crippen molar-refractivity contribution < 1.29 is 14.3 Å². The van der Waals surface area contributed by atoms with Crippen LogP contribution < -0.4 is 25.8 Å². The molecule has 8 heteroatoms. The number of carbonyl (C=O) groups is 2. The van der Waals surface area contributed by atoms with Crippen molar-refractivity contribution in [3.63, 3.8) is 0 Å². The van der Waals surface area contributed by atoms with Gasteiger partial charge in [-0.1, -0.05) is 31.9 Å². The van der Waals surface area contributed by atoms with Crippen molar-refractivity contribution in [1.82, 2.24) is 16.2 Å². The van der Waals surface area contributed by atoms with E-state index in [1.54, 1.807) is 18.2 Å². The molecule has 0 radical (unpaired) electrons. The fourth-order valence-electron chi connectivity index (χ4n) is 3.37. The number of para-hydroxylation sites is 2. The number of nitrogens with one attached hydrogen (secondary N) is 3. The molecule has 1 saturated carbocycles. The second kappa shape index (κ2) is 8.35. The Morgan fingerprint density at radius 2 is 2.04 bits per heavy atom. The number of benzene rings is 1. The lowest BCUT2D eigenvalue weighted by atomic mass is 9.86. The number of rotatable bonds is 3. The molecule has 1 aliphatic heterocycles. The maximum absolute atomic E-state index is 12.2. The third kappa shape index (κ3) is 4.43. The normalized spacial score (nSPS) is 22.0. The van der Waals surface area contributed by atoms with E-state index in [2.05, 4.69) is 23.1 Å². The smallest absolute Gasteiger partial charge is 0.265 e. The molecule has 0 saturated heterocycles. The molecule has 140 valence electrons. The maximum atomic E-state index is 12.2. The highest BCUT2D eigenvalue weighted by molar-refractivity contribution is 7.80. The van der Waals surface area contributed by atoms with Gasteiger partial charge in [-0.15, -0.1) is 0 Å². The van der Waals surface area contributed by atoms with Gasteiger partial charge in [0.15, 0.2) is 11.7 Å². The van der Waals surface area contributed by atoms with Gasteiger partial charge in [0.1, 0.15) is 12.3 Å². The van der Waals surface area contributed by atoms with Crippen LogP contribution in [0, 0.1) is 5.92 Å². The van der Waals surface area contributed by atoms with Crippen LogP contribution in [0.15, 0.2) is 24.3 Å². The van der Waals surface area contributed by atoms with Gasteiger partial charge in [-0.05, 0) is 43.1 Å². The minimum atomic E-state index is -0.351. The van der Waals surface area contributed by atoms with E-state index in [1.165, 1.54) is 24.2 Å². The first kappa shape index (κ1) is 18.4. The van der Waals surface area contributed by atoms with E-state index in [-0.39, 0.29) is 25.0 Å². The summed E-state index contributed by atoms with van der Waals surface area (Å²) in [5, 5.41) is 3.65. The topological polar surface area (TPSA) is 82.7 Å². The van der Waals surface area contributed by atoms with E-state index in [1.807, 2.05) is 6.07 Å². The molecular formula is C18H24N4O3S. The predicted octanol–water partition coefficient (Wildman–Crippen LogP) is 1.49. The Bertz CT molecular complexity index is 697. The van der Waals surface area contributed by atoms with Gasteiger partial charge in [-0.25, -0.2) is 0 Å². The Morgan fingerprint density at radius 1 is 1.27 bits per heavy atom. The fraction of sp³-hybridized carbons (Fsp3) is 0.500. The zero-order chi connectivity index (χ0) is 18.5. The summed E-state index contributed by atoms with van der Waals surface area (Å²) in [5.41, 5.74) is 5.88. The van der Waals surface area contributed by atoms with Crippen LogP contribution in [0.2, 0.25) is 0 Å². The zero-order valence-corrected chi connectivity index (χ0v) is 15.6. The summed E-state index contributed by atoms with van der Waals surface area (Å²) in [7, 11) is 0. The van der Waals surface area contributed by atoms with E-state index in [4.69, 9.17) is 17.0 Å². The van der Waals surface area contributed by atoms with Crippen molar-refractivity contribution in [3.05, 3.63) is 24.3 Å². The van der Waals surface area contributed by atoms with Gasteiger partial charge in [0, 0.05) is 6.04 Å². The Hall–Kier alpha value is -2.35. The number of anilines is 1. The summed E-state index contributed by atoms with van der Waals surface area (Å²) >= 11 is 5.26. The van der Waals surface area contributed by atoms with Crippen molar-refractivity contribution >= 4 is 34.8 Å². The minimum Gasteiger partial charge on any atom is -0.482 e. The molecular weight excluding hydrogens is 352 g/mol. The van der Waals surface area contributed by atoms with Crippen LogP contribution in [-0.2, 0) is 9.59 Å². The Kier molecular flexibility index (Phi) is 5.92. The first-order chi connectivity index (χ1) is 12.5. The molecule has 2 aliphatic rings. The molecule has 3 rings (SSSR count). The average Bonchev–Trinajstić information content (AvgIpc) is 2.64. The molecule has 1 aliphatic carbocycles. The second-order valence-corrected chi connectivity index (χ2v) is 7.16. The highest BCUT2D eigenvalue weighted by atomic mass is 32.1. The molecule has 1 aromatic carbocycles. The summed E-state index contributed by atoms with van der Waals surface area (Å²) in [5.74, 6) is 0.546. The number of fused-ring (bicyclic) bond motifs is 1. The molecule has 0 bridgehead atoms. The van der Waals surface area contributed by atoms with E-state index >= 15 is 0 Å². The van der Waals surface area contributed by atoms with Crippen molar-refractivity contribution in [2.45, 2.75) is 38.6 Å². The largest absolute Gasteiger partial charge is 0.482 e. The highest BCUT2D eigenvalue weighted by Gasteiger charge is 2.27.